The van der Waals surface area contributed by atoms with Crippen LogP contribution in [0.3, 0.4) is 0 Å². The fraction of sp³-hybridized carbons (Fsp3) is 0.353. The number of hydrogen-bond donors (Lipinski definition) is 0. The van der Waals surface area contributed by atoms with Gasteiger partial charge >= 0.3 is 0 Å². The van der Waals surface area contributed by atoms with Crippen LogP contribution < -0.4 is 5.30 Å². The second-order valence-electron chi connectivity index (χ2n) is 5.19. The average Bonchev–Trinajstić information content (AvgIpc) is 2.48. The molecule has 0 amide bonds. The summed E-state index contributed by atoms with van der Waals surface area (Å²) in [6.45, 7) is 9.72. The summed E-state index contributed by atoms with van der Waals surface area (Å²) in [5, 5.41) is 1.47. The van der Waals surface area contributed by atoms with Crippen LogP contribution in [-0.2, 0) is 13.1 Å². The molecule has 0 saturated heterocycles. The highest BCUT2D eigenvalue weighted by Gasteiger charge is 2.06. The number of aromatic nitrogens is 1. The van der Waals surface area contributed by atoms with Crippen molar-refractivity contribution < 1.29 is 0 Å². The summed E-state index contributed by atoms with van der Waals surface area (Å²) in [7, 11) is 0.00472. The SMILES string of the molecule is CCN(Cc1ccc(P(C)C)cc1)Cc1ccccn1. The van der Waals surface area contributed by atoms with E-state index in [-0.39, 0.29) is 7.92 Å². The maximum absolute atomic E-state index is 4.41. The molecule has 106 valence electrons. The van der Waals surface area contributed by atoms with Gasteiger partial charge in [0.05, 0.1) is 5.69 Å². The van der Waals surface area contributed by atoms with Crippen molar-refractivity contribution in [1.82, 2.24) is 9.88 Å². The lowest BCUT2D eigenvalue weighted by Gasteiger charge is -2.20. The Hall–Kier alpha value is -1.24. The monoisotopic (exact) mass is 286 g/mol. The Morgan fingerprint density at radius 1 is 1.00 bits per heavy atom. The maximum Gasteiger partial charge on any atom is 0.0544 e. The third kappa shape index (κ3) is 4.40. The smallest absolute Gasteiger partial charge is 0.0544 e. The summed E-state index contributed by atoms with van der Waals surface area (Å²) in [4.78, 5) is 6.82. The lowest BCUT2D eigenvalue weighted by Crippen LogP contribution is -2.23. The van der Waals surface area contributed by atoms with E-state index in [1.54, 1.807) is 0 Å². The van der Waals surface area contributed by atoms with Gasteiger partial charge in [0.25, 0.3) is 0 Å². The normalized spacial score (nSPS) is 11.2. The zero-order valence-electron chi connectivity index (χ0n) is 12.6. The van der Waals surface area contributed by atoms with E-state index < -0.39 is 0 Å². The van der Waals surface area contributed by atoms with Crippen LogP contribution in [0.25, 0.3) is 0 Å². The summed E-state index contributed by atoms with van der Waals surface area (Å²) in [5.74, 6) is 0. The van der Waals surface area contributed by atoms with E-state index >= 15 is 0 Å². The molecule has 0 atom stereocenters. The van der Waals surface area contributed by atoms with E-state index in [0.29, 0.717) is 0 Å². The first kappa shape index (κ1) is 15.2. The molecule has 0 spiro atoms. The van der Waals surface area contributed by atoms with Gasteiger partial charge in [0.1, 0.15) is 0 Å². The molecule has 1 aromatic carbocycles. The maximum atomic E-state index is 4.41. The van der Waals surface area contributed by atoms with Gasteiger partial charge in [0, 0.05) is 19.3 Å². The quantitative estimate of drug-likeness (QED) is 0.756. The van der Waals surface area contributed by atoms with Gasteiger partial charge in [-0.1, -0.05) is 45.2 Å². The summed E-state index contributed by atoms with van der Waals surface area (Å²) in [6, 6.07) is 15.2. The molecule has 1 heterocycles. The third-order valence-electron chi connectivity index (χ3n) is 3.42. The van der Waals surface area contributed by atoms with Crippen LogP contribution in [0.5, 0.6) is 0 Å². The van der Waals surface area contributed by atoms with Crippen molar-refractivity contribution in [2.24, 2.45) is 0 Å². The molecule has 0 aliphatic rings. The fourth-order valence-corrected chi connectivity index (χ4v) is 2.90. The largest absolute Gasteiger partial charge is 0.294 e. The summed E-state index contributed by atoms with van der Waals surface area (Å²) in [6.07, 6.45) is 1.86. The molecule has 2 aromatic rings. The van der Waals surface area contributed by atoms with Gasteiger partial charge in [-0.2, -0.15) is 0 Å². The molecule has 3 heteroatoms. The second kappa shape index (κ2) is 7.52. The van der Waals surface area contributed by atoms with Gasteiger partial charge in [-0.3, -0.25) is 9.88 Å². The number of hydrogen-bond acceptors (Lipinski definition) is 2. The van der Waals surface area contributed by atoms with E-state index in [1.165, 1.54) is 10.9 Å². The summed E-state index contributed by atoms with van der Waals surface area (Å²) in [5.41, 5.74) is 2.51. The van der Waals surface area contributed by atoms with Crippen LogP contribution in [-0.4, -0.2) is 29.8 Å². The number of benzene rings is 1. The van der Waals surface area contributed by atoms with Crippen LogP contribution in [0.4, 0.5) is 0 Å². The number of nitrogens with zero attached hydrogens (tertiary/aromatic N) is 2. The average molecular weight is 286 g/mol. The van der Waals surface area contributed by atoms with Crippen LogP contribution in [0.2, 0.25) is 0 Å². The Morgan fingerprint density at radius 3 is 2.30 bits per heavy atom. The Morgan fingerprint density at radius 2 is 1.75 bits per heavy atom. The highest BCUT2D eigenvalue weighted by atomic mass is 31.1. The standard InChI is InChI=1S/C17H23N2P/c1-4-19(14-16-7-5-6-12-18-16)13-15-8-10-17(11-9-15)20(2)3/h5-12H,4,13-14H2,1-3H3. The van der Waals surface area contributed by atoms with Gasteiger partial charge in [0.2, 0.25) is 0 Å². The molecular weight excluding hydrogens is 263 g/mol. The van der Waals surface area contributed by atoms with E-state index in [9.17, 15) is 0 Å². The number of pyridine rings is 1. The molecule has 20 heavy (non-hydrogen) atoms. The van der Waals surface area contributed by atoms with Gasteiger partial charge in [-0.15, -0.1) is 0 Å². The zero-order chi connectivity index (χ0) is 14.4. The molecule has 0 unspecified atom stereocenters. The Labute approximate surface area is 123 Å². The minimum atomic E-state index is 0.00472. The molecule has 0 saturated carbocycles. The lowest BCUT2D eigenvalue weighted by atomic mass is 10.2. The highest BCUT2D eigenvalue weighted by molar-refractivity contribution is 7.64. The minimum Gasteiger partial charge on any atom is -0.294 e. The van der Waals surface area contributed by atoms with E-state index in [1.807, 2.05) is 12.3 Å². The van der Waals surface area contributed by atoms with Crippen molar-refractivity contribution in [3.05, 3.63) is 59.9 Å². The van der Waals surface area contributed by atoms with Gasteiger partial charge < -0.3 is 0 Å². The van der Waals surface area contributed by atoms with Crippen LogP contribution >= 0.6 is 7.92 Å². The summed E-state index contributed by atoms with van der Waals surface area (Å²) >= 11 is 0. The molecule has 2 rings (SSSR count). The molecule has 0 radical (unpaired) electrons. The van der Waals surface area contributed by atoms with Crippen molar-refractivity contribution in [3.8, 4) is 0 Å². The molecule has 0 fully saturated rings. The first-order valence-corrected chi connectivity index (χ1v) is 9.31. The van der Waals surface area contributed by atoms with Crippen molar-refractivity contribution in [2.75, 3.05) is 19.9 Å². The molecule has 0 aliphatic heterocycles. The predicted molar refractivity (Wildman–Crippen MR) is 88.9 cm³/mol. The second-order valence-corrected chi connectivity index (χ2v) is 7.49. The third-order valence-corrected chi connectivity index (χ3v) is 4.75. The number of rotatable bonds is 6. The lowest BCUT2D eigenvalue weighted by molar-refractivity contribution is 0.268. The van der Waals surface area contributed by atoms with Crippen molar-refractivity contribution in [1.29, 1.82) is 0 Å². The first-order chi connectivity index (χ1) is 9.69. The Kier molecular flexibility index (Phi) is 5.70. The van der Waals surface area contributed by atoms with Gasteiger partial charge in [0.15, 0.2) is 0 Å². The van der Waals surface area contributed by atoms with E-state index in [0.717, 1.165) is 25.3 Å². The van der Waals surface area contributed by atoms with Crippen LogP contribution in [0.1, 0.15) is 18.2 Å². The van der Waals surface area contributed by atoms with Crippen molar-refractivity contribution >= 4 is 13.2 Å². The topological polar surface area (TPSA) is 16.1 Å². The zero-order valence-corrected chi connectivity index (χ0v) is 13.5. The Balaban J connectivity index is 1.99. The van der Waals surface area contributed by atoms with Crippen LogP contribution in [0.15, 0.2) is 48.7 Å². The molecule has 0 aliphatic carbocycles. The highest BCUT2D eigenvalue weighted by Crippen LogP contribution is 2.23. The Bertz CT molecular complexity index is 508. The minimum absolute atomic E-state index is 0.00472. The summed E-state index contributed by atoms with van der Waals surface area (Å²) < 4.78 is 0. The predicted octanol–water partition coefficient (Wildman–Crippen LogP) is 3.47. The molecular formula is C17H23N2P. The van der Waals surface area contributed by atoms with Crippen LogP contribution in [0, 0.1) is 0 Å². The molecule has 0 bridgehead atoms. The molecule has 0 N–H and O–H groups in total. The van der Waals surface area contributed by atoms with Gasteiger partial charge in [-0.05, 0) is 42.9 Å². The molecule has 1 aromatic heterocycles. The van der Waals surface area contributed by atoms with E-state index in [2.05, 4.69) is 66.5 Å². The van der Waals surface area contributed by atoms with Crippen molar-refractivity contribution in [2.45, 2.75) is 20.0 Å². The van der Waals surface area contributed by atoms with Crippen molar-refractivity contribution in [3.63, 3.8) is 0 Å². The first-order valence-electron chi connectivity index (χ1n) is 7.07. The van der Waals surface area contributed by atoms with Gasteiger partial charge in [-0.25, -0.2) is 0 Å². The molecule has 2 nitrogen and oxygen atoms in total. The fourth-order valence-electron chi connectivity index (χ4n) is 2.16. The van der Waals surface area contributed by atoms with E-state index in [4.69, 9.17) is 0 Å².